The number of thiophene rings is 1. The first kappa shape index (κ1) is 18.9. The molecule has 0 fully saturated rings. The van der Waals surface area contributed by atoms with Crippen molar-refractivity contribution in [1.29, 1.82) is 0 Å². The highest BCUT2D eigenvalue weighted by Crippen LogP contribution is 2.17. The van der Waals surface area contributed by atoms with E-state index in [0.29, 0.717) is 17.6 Å². The van der Waals surface area contributed by atoms with Crippen molar-refractivity contribution in [2.45, 2.75) is 18.6 Å². The number of carbonyl (C=O) groups is 1. The first-order valence-corrected chi connectivity index (χ1v) is 9.98. The largest absolute Gasteiger partial charge is 0.351 e. The van der Waals surface area contributed by atoms with Gasteiger partial charge in [-0.15, -0.1) is 21.5 Å². The predicted octanol–water partition coefficient (Wildman–Crippen LogP) is 2.30. The molecule has 10 heteroatoms. The zero-order chi connectivity index (χ0) is 19.1. The van der Waals surface area contributed by atoms with E-state index in [1.165, 1.54) is 16.4 Å². The fourth-order valence-electron chi connectivity index (χ4n) is 2.10. The molecule has 0 saturated heterocycles. The van der Waals surface area contributed by atoms with E-state index in [0.717, 1.165) is 16.2 Å². The van der Waals surface area contributed by atoms with Gasteiger partial charge >= 0.3 is 0 Å². The van der Waals surface area contributed by atoms with Crippen molar-refractivity contribution < 1.29 is 4.79 Å². The minimum absolute atomic E-state index is 0.104. The van der Waals surface area contributed by atoms with E-state index < -0.39 is 0 Å². The summed E-state index contributed by atoms with van der Waals surface area (Å²) in [7, 11) is 0. The number of hydrogen-bond donors (Lipinski definition) is 3. The normalized spacial score (nSPS) is 11.4. The number of amides is 1. The van der Waals surface area contributed by atoms with Crippen molar-refractivity contribution in [3.05, 3.63) is 58.3 Å². The summed E-state index contributed by atoms with van der Waals surface area (Å²) < 4.78 is 1.28. The minimum atomic E-state index is -0.104. The van der Waals surface area contributed by atoms with Gasteiger partial charge in [0.2, 0.25) is 11.1 Å². The quantitative estimate of drug-likeness (QED) is 0.231. The SMILES string of the molecule is C/C(=N\Nc1nnc(SCC(=O)NCc2ccccc2)n1N)c1cccs1. The van der Waals surface area contributed by atoms with Gasteiger partial charge in [0.25, 0.3) is 5.95 Å². The number of hydrazone groups is 1. The number of nitrogen functional groups attached to an aromatic ring is 1. The Bertz CT molecular complexity index is 907. The number of rotatable bonds is 8. The van der Waals surface area contributed by atoms with Crippen molar-refractivity contribution >= 4 is 40.7 Å². The van der Waals surface area contributed by atoms with Gasteiger partial charge in [-0.05, 0) is 23.9 Å². The summed E-state index contributed by atoms with van der Waals surface area (Å²) in [4.78, 5) is 13.0. The van der Waals surface area contributed by atoms with E-state index in [-0.39, 0.29) is 11.7 Å². The van der Waals surface area contributed by atoms with Gasteiger partial charge in [-0.25, -0.2) is 10.1 Å². The Hall–Kier alpha value is -2.85. The molecular weight excluding hydrogens is 382 g/mol. The Balaban J connectivity index is 1.50. The smallest absolute Gasteiger partial charge is 0.264 e. The summed E-state index contributed by atoms with van der Waals surface area (Å²) in [5, 5.41) is 17.5. The molecule has 140 valence electrons. The summed E-state index contributed by atoms with van der Waals surface area (Å²) in [6.07, 6.45) is 0. The van der Waals surface area contributed by atoms with Crippen LogP contribution in [0.1, 0.15) is 17.4 Å². The first-order chi connectivity index (χ1) is 13.1. The van der Waals surface area contributed by atoms with E-state index in [9.17, 15) is 4.79 Å². The van der Waals surface area contributed by atoms with Gasteiger partial charge in [-0.3, -0.25) is 4.79 Å². The molecule has 0 aliphatic carbocycles. The topological polar surface area (TPSA) is 110 Å². The van der Waals surface area contributed by atoms with Crippen LogP contribution in [0.3, 0.4) is 0 Å². The number of carbonyl (C=O) groups excluding carboxylic acids is 1. The number of nitrogens with two attached hydrogens (primary N) is 1. The number of aromatic nitrogens is 3. The lowest BCUT2D eigenvalue weighted by Gasteiger charge is -2.05. The lowest BCUT2D eigenvalue weighted by Crippen LogP contribution is -2.25. The van der Waals surface area contributed by atoms with E-state index in [1.807, 2.05) is 54.8 Å². The lowest BCUT2D eigenvalue weighted by molar-refractivity contribution is -0.118. The summed E-state index contributed by atoms with van der Waals surface area (Å²) in [5.41, 5.74) is 4.67. The second-order valence-electron chi connectivity index (χ2n) is 5.51. The van der Waals surface area contributed by atoms with Crippen LogP contribution in [0, 0.1) is 0 Å². The highest BCUT2D eigenvalue weighted by molar-refractivity contribution is 7.99. The first-order valence-electron chi connectivity index (χ1n) is 8.11. The molecule has 0 unspecified atom stereocenters. The van der Waals surface area contributed by atoms with Gasteiger partial charge in [0.1, 0.15) is 0 Å². The van der Waals surface area contributed by atoms with E-state index in [2.05, 4.69) is 26.0 Å². The van der Waals surface area contributed by atoms with Gasteiger partial charge in [0.05, 0.1) is 11.5 Å². The zero-order valence-corrected chi connectivity index (χ0v) is 16.3. The molecule has 4 N–H and O–H groups in total. The standard InChI is InChI=1S/C17H19N7OS2/c1-12(14-8-5-9-26-14)20-21-16-22-23-17(24(16)18)27-11-15(25)19-10-13-6-3-2-4-7-13/h2-9H,10-11,18H2,1H3,(H,19,25)(H,21,22)/b20-12+. The van der Waals surface area contributed by atoms with Crippen LogP contribution in [0.15, 0.2) is 58.1 Å². The molecule has 0 atom stereocenters. The maximum atomic E-state index is 12.0. The number of hydrogen-bond acceptors (Lipinski definition) is 8. The molecule has 1 aromatic carbocycles. The van der Waals surface area contributed by atoms with Gasteiger partial charge in [-0.1, -0.05) is 48.2 Å². The Kier molecular flexibility index (Phi) is 6.44. The Morgan fingerprint density at radius 3 is 2.81 bits per heavy atom. The molecule has 1 amide bonds. The van der Waals surface area contributed by atoms with Gasteiger partial charge < -0.3 is 11.2 Å². The third-order valence-corrected chi connectivity index (χ3v) is 5.45. The minimum Gasteiger partial charge on any atom is -0.351 e. The molecule has 0 saturated carbocycles. The van der Waals surface area contributed by atoms with Crippen molar-refractivity contribution in [3.8, 4) is 0 Å². The average Bonchev–Trinajstić information content (AvgIpc) is 3.34. The van der Waals surface area contributed by atoms with Gasteiger partial charge in [-0.2, -0.15) is 5.10 Å². The van der Waals surface area contributed by atoms with Gasteiger partial charge in [0, 0.05) is 11.4 Å². The summed E-state index contributed by atoms with van der Waals surface area (Å²) >= 11 is 2.81. The predicted molar refractivity (Wildman–Crippen MR) is 109 cm³/mol. The van der Waals surface area contributed by atoms with Crippen molar-refractivity contribution in [3.63, 3.8) is 0 Å². The van der Waals surface area contributed by atoms with Gasteiger partial charge in [0.15, 0.2) is 0 Å². The average molecular weight is 402 g/mol. The summed E-state index contributed by atoms with van der Waals surface area (Å²) in [6.45, 7) is 2.38. The van der Waals surface area contributed by atoms with Crippen LogP contribution in [-0.2, 0) is 11.3 Å². The molecule has 3 rings (SSSR count). The molecule has 2 heterocycles. The monoisotopic (exact) mass is 401 g/mol. The number of benzene rings is 1. The van der Waals surface area contributed by atoms with Crippen LogP contribution < -0.4 is 16.6 Å². The molecule has 2 aromatic heterocycles. The summed E-state index contributed by atoms with van der Waals surface area (Å²) in [5.74, 6) is 6.36. The van der Waals surface area contributed by atoms with Crippen LogP contribution in [0.4, 0.5) is 5.95 Å². The highest BCUT2D eigenvalue weighted by atomic mass is 32.2. The summed E-state index contributed by atoms with van der Waals surface area (Å²) in [6, 6.07) is 13.7. The van der Waals surface area contributed by atoms with Crippen LogP contribution >= 0.6 is 23.1 Å². The molecular formula is C17H19N7OS2. The van der Waals surface area contributed by atoms with Crippen LogP contribution in [0.25, 0.3) is 0 Å². The van der Waals surface area contributed by atoms with Crippen molar-refractivity contribution in [2.75, 3.05) is 17.0 Å². The maximum Gasteiger partial charge on any atom is 0.264 e. The second-order valence-corrected chi connectivity index (χ2v) is 7.40. The zero-order valence-electron chi connectivity index (χ0n) is 14.6. The maximum absolute atomic E-state index is 12.0. The fraction of sp³-hybridized carbons (Fsp3) is 0.176. The van der Waals surface area contributed by atoms with E-state index in [1.54, 1.807) is 11.3 Å². The van der Waals surface area contributed by atoms with E-state index in [4.69, 9.17) is 5.84 Å². The Morgan fingerprint density at radius 1 is 1.26 bits per heavy atom. The molecule has 8 nitrogen and oxygen atoms in total. The molecule has 27 heavy (non-hydrogen) atoms. The van der Waals surface area contributed by atoms with Crippen molar-refractivity contribution in [1.82, 2.24) is 20.2 Å². The fourth-order valence-corrected chi connectivity index (χ4v) is 3.47. The number of anilines is 1. The van der Waals surface area contributed by atoms with Crippen LogP contribution in [0.5, 0.6) is 0 Å². The number of thioether (sulfide) groups is 1. The van der Waals surface area contributed by atoms with Crippen LogP contribution in [-0.4, -0.2) is 32.2 Å². The number of nitrogens with one attached hydrogen (secondary N) is 2. The van der Waals surface area contributed by atoms with E-state index >= 15 is 0 Å². The lowest BCUT2D eigenvalue weighted by atomic mass is 10.2. The molecule has 3 aromatic rings. The Morgan fingerprint density at radius 2 is 2.07 bits per heavy atom. The third kappa shape index (κ3) is 5.31. The molecule has 0 bridgehead atoms. The highest BCUT2D eigenvalue weighted by Gasteiger charge is 2.12. The molecule has 0 radical (unpaired) electrons. The second kappa shape index (κ2) is 9.19. The molecule has 0 spiro atoms. The van der Waals surface area contributed by atoms with Crippen molar-refractivity contribution in [2.24, 2.45) is 5.10 Å². The third-order valence-electron chi connectivity index (χ3n) is 3.53. The number of nitrogens with zero attached hydrogens (tertiary/aromatic N) is 4. The Labute approximate surface area is 164 Å². The molecule has 0 aliphatic rings. The van der Waals surface area contributed by atoms with Crippen LogP contribution in [0.2, 0.25) is 0 Å². The molecule has 0 aliphatic heterocycles.